The maximum atomic E-state index is 12.3. The Bertz CT molecular complexity index is 1490. The summed E-state index contributed by atoms with van der Waals surface area (Å²) in [5, 5.41) is 19.1. The van der Waals surface area contributed by atoms with Gasteiger partial charge < -0.3 is 20.3 Å². The fraction of sp³-hybridized carbons (Fsp3) is 0.429. The predicted molar refractivity (Wildman–Crippen MR) is 152 cm³/mol. The predicted octanol–water partition coefficient (Wildman–Crippen LogP) is 3.76. The molecule has 3 N–H and O–H groups in total. The van der Waals surface area contributed by atoms with Gasteiger partial charge in [-0.15, -0.1) is 0 Å². The molecule has 0 spiro atoms. The minimum Gasteiger partial charge on any atom is -0.479 e. The van der Waals surface area contributed by atoms with Crippen LogP contribution in [0.15, 0.2) is 53.4 Å². The third-order valence-electron chi connectivity index (χ3n) is 8.02. The van der Waals surface area contributed by atoms with E-state index in [9.17, 15) is 9.90 Å². The molecule has 6 rings (SSSR count). The van der Waals surface area contributed by atoms with Crippen molar-refractivity contribution in [2.75, 3.05) is 45.2 Å². The van der Waals surface area contributed by atoms with Crippen molar-refractivity contribution in [3.8, 4) is 16.8 Å². The Hall–Kier alpha value is -3.32. The Morgan fingerprint density at radius 3 is 2.62 bits per heavy atom. The summed E-state index contributed by atoms with van der Waals surface area (Å²) in [6.45, 7) is 4.18. The van der Waals surface area contributed by atoms with E-state index in [1.807, 2.05) is 41.2 Å². The van der Waals surface area contributed by atoms with Gasteiger partial charge in [0.15, 0.2) is 11.2 Å². The average Bonchev–Trinajstić information content (AvgIpc) is 3.64. The molecule has 40 heavy (non-hydrogen) atoms. The highest BCUT2D eigenvalue weighted by Gasteiger charge is 2.44. The van der Waals surface area contributed by atoms with Crippen LogP contribution in [0.2, 0.25) is 0 Å². The van der Waals surface area contributed by atoms with Gasteiger partial charge in [-0.3, -0.25) is 4.90 Å². The lowest BCUT2D eigenvalue weighted by Gasteiger charge is -2.37. The Balaban J connectivity index is 1.21. The van der Waals surface area contributed by atoms with Crippen molar-refractivity contribution >= 4 is 33.4 Å². The molecule has 1 aliphatic carbocycles. The molecule has 0 amide bonds. The van der Waals surface area contributed by atoms with Crippen LogP contribution in [0, 0.1) is 0 Å². The van der Waals surface area contributed by atoms with Crippen molar-refractivity contribution in [1.82, 2.24) is 29.3 Å². The Kier molecular flexibility index (Phi) is 7.58. The molecular formula is C28H32BrN7O4. The van der Waals surface area contributed by atoms with E-state index in [1.54, 1.807) is 16.9 Å². The second kappa shape index (κ2) is 11.3. The van der Waals surface area contributed by atoms with E-state index < -0.39 is 11.6 Å². The van der Waals surface area contributed by atoms with Gasteiger partial charge in [0.1, 0.15) is 5.82 Å². The van der Waals surface area contributed by atoms with Crippen LogP contribution in [0.4, 0.5) is 5.82 Å². The second-order valence-corrected chi connectivity index (χ2v) is 11.2. The molecule has 0 radical (unpaired) electrons. The summed E-state index contributed by atoms with van der Waals surface area (Å²) in [5.41, 5.74) is 9.44. The van der Waals surface area contributed by atoms with Crippen LogP contribution in [0.1, 0.15) is 37.3 Å². The summed E-state index contributed by atoms with van der Waals surface area (Å²) in [6, 6.07) is 9.89. The van der Waals surface area contributed by atoms with Crippen LogP contribution in [0.3, 0.4) is 0 Å². The number of ether oxygens (including phenoxy) is 2. The molecule has 0 bridgehead atoms. The van der Waals surface area contributed by atoms with Gasteiger partial charge in [-0.25, -0.2) is 14.5 Å². The molecule has 2 aliphatic rings. The topological polar surface area (TPSA) is 133 Å². The Morgan fingerprint density at radius 1 is 1.15 bits per heavy atom. The summed E-state index contributed by atoms with van der Waals surface area (Å²) >= 11 is 3.65. The van der Waals surface area contributed by atoms with Crippen LogP contribution in [-0.2, 0) is 14.3 Å². The van der Waals surface area contributed by atoms with E-state index in [0.29, 0.717) is 68.0 Å². The first-order valence-electron chi connectivity index (χ1n) is 13.6. The number of carboxylic acid groups (broad SMARTS) is 1. The van der Waals surface area contributed by atoms with E-state index >= 15 is 0 Å². The number of nitrogen functional groups attached to an aromatic ring is 1. The number of para-hydroxylation sites is 1. The fourth-order valence-electron chi connectivity index (χ4n) is 5.64. The molecule has 3 aromatic heterocycles. The molecule has 1 aromatic carbocycles. The lowest BCUT2D eigenvalue weighted by molar-refractivity contribution is -0.172. The number of benzene rings is 1. The molecular weight excluding hydrogens is 578 g/mol. The summed E-state index contributed by atoms with van der Waals surface area (Å²) in [4.78, 5) is 19.6. The van der Waals surface area contributed by atoms with Gasteiger partial charge in [-0.1, -0.05) is 18.2 Å². The van der Waals surface area contributed by atoms with Crippen LogP contribution < -0.4 is 5.73 Å². The number of anilines is 1. The van der Waals surface area contributed by atoms with Crippen LogP contribution in [0.5, 0.6) is 0 Å². The summed E-state index contributed by atoms with van der Waals surface area (Å²) in [5.74, 6) is -0.409. The fourth-order valence-corrected chi connectivity index (χ4v) is 6.22. The van der Waals surface area contributed by atoms with Crippen molar-refractivity contribution in [2.24, 2.45) is 0 Å². The van der Waals surface area contributed by atoms with Crippen molar-refractivity contribution in [3.63, 3.8) is 0 Å². The number of hydrogen-bond acceptors (Lipinski definition) is 8. The van der Waals surface area contributed by atoms with Gasteiger partial charge in [-0.05, 0) is 53.7 Å². The molecule has 210 valence electrons. The molecule has 4 aromatic rings. The van der Waals surface area contributed by atoms with Crippen molar-refractivity contribution < 1.29 is 19.4 Å². The number of halogens is 1. The molecule has 0 atom stereocenters. The third kappa shape index (κ3) is 5.12. The molecule has 0 unspecified atom stereocenters. The maximum absolute atomic E-state index is 12.3. The molecule has 1 saturated carbocycles. The number of rotatable bonds is 8. The molecule has 11 nitrogen and oxygen atoms in total. The van der Waals surface area contributed by atoms with E-state index in [0.717, 1.165) is 35.6 Å². The lowest BCUT2D eigenvalue weighted by Crippen LogP contribution is -2.47. The zero-order chi connectivity index (χ0) is 27.7. The third-order valence-corrected chi connectivity index (χ3v) is 8.83. The maximum Gasteiger partial charge on any atom is 0.335 e. The van der Waals surface area contributed by atoms with Gasteiger partial charge in [-0.2, -0.15) is 14.7 Å². The molecule has 12 heteroatoms. The summed E-state index contributed by atoms with van der Waals surface area (Å²) in [6.07, 6.45) is 7.55. The molecule has 4 heterocycles. The highest BCUT2D eigenvalue weighted by Crippen LogP contribution is 2.43. The number of hydrogen-bond donors (Lipinski definition) is 2. The Labute approximate surface area is 240 Å². The number of fused-ring (bicyclic) bond motifs is 1. The minimum absolute atomic E-state index is 0.0341. The van der Waals surface area contributed by atoms with Gasteiger partial charge in [0, 0.05) is 42.9 Å². The molecule has 1 saturated heterocycles. The average molecular weight is 611 g/mol. The van der Waals surface area contributed by atoms with Crippen LogP contribution in [0.25, 0.3) is 22.5 Å². The van der Waals surface area contributed by atoms with E-state index in [4.69, 9.17) is 20.2 Å². The van der Waals surface area contributed by atoms with Crippen LogP contribution in [-0.4, -0.2) is 85.4 Å². The van der Waals surface area contributed by atoms with E-state index in [2.05, 4.69) is 31.0 Å². The summed E-state index contributed by atoms with van der Waals surface area (Å²) in [7, 11) is 0. The number of aromatic nitrogens is 5. The number of aliphatic carboxylic acids is 1. The Morgan fingerprint density at radius 2 is 1.90 bits per heavy atom. The largest absolute Gasteiger partial charge is 0.479 e. The van der Waals surface area contributed by atoms with Crippen LogP contribution >= 0.6 is 15.9 Å². The lowest BCUT2D eigenvalue weighted by atomic mass is 9.77. The van der Waals surface area contributed by atoms with Crippen molar-refractivity contribution in [3.05, 3.63) is 59.1 Å². The van der Waals surface area contributed by atoms with Gasteiger partial charge >= 0.3 is 5.97 Å². The van der Waals surface area contributed by atoms with Gasteiger partial charge in [0.2, 0.25) is 0 Å². The number of nitrogens with zero attached hydrogens (tertiary/aromatic N) is 6. The van der Waals surface area contributed by atoms with Gasteiger partial charge in [0.25, 0.3) is 0 Å². The molecule has 2 fully saturated rings. The SMILES string of the molecule is Nc1c(Br)c(C2CCC(OCCN3CCOCC3)(C(=O)O)CC2)nc2c(-c3cnn(-c4ccccc4)c3)cnn12. The molecule has 1 aliphatic heterocycles. The number of carbonyl (C=O) groups is 1. The zero-order valence-electron chi connectivity index (χ0n) is 22.1. The zero-order valence-corrected chi connectivity index (χ0v) is 23.7. The number of morpholine rings is 1. The quantitative estimate of drug-likeness (QED) is 0.306. The number of nitrogens with two attached hydrogens (primary N) is 1. The first-order chi connectivity index (χ1) is 19.4. The second-order valence-electron chi connectivity index (χ2n) is 10.4. The standard InChI is InChI=1S/C28H32BrN7O4/c29-23-24(19-6-8-28(9-7-19,27(37)38)40-15-12-34-10-13-39-14-11-34)33-26-22(17-32-36(26)25(23)30)20-16-31-35(18-20)21-4-2-1-3-5-21/h1-5,16-19H,6-15,30H2,(H,37,38). The normalized spacial score (nSPS) is 22.1. The van der Waals surface area contributed by atoms with E-state index in [1.165, 1.54) is 0 Å². The van der Waals surface area contributed by atoms with Crippen molar-refractivity contribution in [2.45, 2.75) is 37.2 Å². The minimum atomic E-state index is -1.18. The summed E-state index contributed by atoms with van der Waals surface area (Å²) < 4.78 is 15.6. The highest BCUT2D eigenvalue weighted by atomic mass is 79.9. The van der Waals surface area contributed by atoms with Gasteiger partial charge in [0.05, 0.1) is 48.1 Å². The number of carboxylic acids is 1. The first-order valence-corrected chi connectivity index (χ1v) is 14.3. The van der Waals surface area contributed by atoms with Crippen molar-refractivity contribution in [1.29, 1.82) is 0 Å². The first kappa shape index (κ1) is 26.9. The smallest absolute Gasteiger partial charge is 0.335 e. The highest BCUT2D eigenvalue weighted by molar-refractivity contribution is 9.10. The van der Waals surface area contributed by atoms with E-state index in [-0.39, 0.29) is 5.92 Å². The monoisotopic (exact) mass is 609 g/mol.